The summed E-state index contributed by atoms with van der Waals surface area (Å²) in [5.41, 5.74) is 3.04. The van der Waals surface area contributed by atoms with Gasteiger partial charge in [0.15, 0.2) is 0 Å². The molecule has 0 aliphatic carbocycles. The van der Waals surface area contributed by atoms with Crippen molar-refractivity contribution in [1.29, 1.82) is 0 Å². The fourth-order valence-corrected chi connectivity index (χ4v) is 3.96. The van der Waals surface area contributed by atoms with Crippen molar-refractivity contribution in [3.63, 3.8) is 0 Å². The lowest BCUT2D eigenvalue weighted by atomic mass is 10.0. The van der Waals surface area contributed by atoms with Crippen molar-refractivity contribution in [3.8, 4) is 5.69 Å². The Morgan fingerprint density at radius 1 is 0.973 bits per heavy atom. The molecule has 0 aliphatic rings. The molecule has 2 aromatic carbocycles. The molecular weight excluding hydrogens is 476 g/mol. The minimum absolute atomic E-state index is 0.149. The number of nitro groups is 1. The topological polar surface area (TPSA) is 125 Å². The minimum atomic E-state index is -0.585. The van der Waals surface area contributed by atoms with E-state index in [-0.39, 0.29) is 5.69 Å². The smallest absolute Gasteiger partial charge is 0.318 e. The van der Waals surface area contributed by atoms with Gasteiger partial charge >= 0.3 is 11.9 Å². The summed E-state index contributed by atoms with van der Waals surface area (Å²) in [6.07, 6.45) is 6.42. The van der Waals surface area contributed by atoms with Crippen LogP contribution in [0.4, 0.5) is 5.69 Å². The number of aromatic nitrogens is 1. The average molecular weight is 507 g/mol. The molecule has 1 heterocycles. The minimum Gasteiger partial charge on any atom is -0.318 e. The van der Waals surface area contributed by atoms with Gasteiger partial charge in [0.25, 0.3) is 5.69 Å². The predicted octanol–water partition coefficient (Wildman–Crippen LogP) is 6.06. The first-order chi connectivity index (χ1) is 17.7. The lowest BCUT2D eigenvalue weighted by Gasteiger charge is -2.08. The van der Waals surface area contributed by atoms with Crippen molar-refractivity contribution < 1.29 is 24.2 Å². The van der Waals surface area contributed by atoms with Gasteiger partial charge in [-0.3, -0.25) is 10.1 Å². The van der Waals surface area contributed by atoms with Crippen molar-refractivity contribution in [2.45, 2.75) is 59.8 Å². The summed E-state index contributed by atoms with van der Waals surface area (Å²) in [6, 6.07) is 12.2. The molecule has 3 aromatic rings. The molecule has 0 atom stereocenters. The van der Waals surface area contributed by atoms with Crippen LogP contribution in [0.3, 0.4) is 0 Å². The van der Waals surface area contributed by atoms with E-state index in [4.69, 9.17) is 4.84 Å². The monoisotopic (exact) mass is 506 g/mol. The van der Waals surface area contributed by atoms with Crippen molar-refractivity contribution in [3.05, 3.63) is 69.9 Å². The second kappa shape index (κ2) is 12.6. The average Bonchev–Trinajstić information content (AvgIpc) is 3.25. The van der Waals surface area contributed by atoms with Gasteiger partial charge < -0.3 is 14.2 Å². The fourth-order valence-electron chi connectivity index (χ4n) is 3.96. The largest absolute Gasteiger partial charge is 0.331 e. The highest BCUT2D eigenvalue weighted by Crippen LogP contribution is 2.32. The van der Waals surface area contributed by atoms with Crippen LogP contribution in [0.5, 0.6) is 0 Å². The zero-order chi connectivity index (χ0) is 26.9. The van der Waals surface area contributed by atoms with Crippen LogP contribution >= 0.6 is 0 Å². The Balaban J connectivity index is 2.14. The third-order valence-corrected chi connectivity index (χ3v) is 5.73. The van der Waals surface area contributed by atoms with Gasteiger partial charge in [-0.15, -0.1) is 0 Å². The van der Waals surface area contributed by atoms with Crippen LogP contribution in [0, 0.1) is 10.1 Å². The summed E-state index contributed by atoms with van der Waals surface area (Å²) in [6.45, 7) is 6.24. The predicted molar refractivity (Wildman–Crippen MR) is 141 cm³/mol. The molecule has 10 heteroatoms. The van der Waals surface area contributed by atoms with Crippen molar-refractivity contribution in [2.24, 2.45) is 10.3 Å². The Morgan fingerprint density at radius 3 is 2.35 bits per heavy atom. The second-order valence-electron chi connectivity index (χ2n) is 8.58. The zero-order valence-corrected chi connectivity index (χ0v) is 21.4. The van der Waals surface area contributed by atoms with E-state index in [0.29, 0.717) is 29.1 Å². The van der Waals surface area contributed by atoms with E-state index in [0.717, 1.165) is 42.1 Å². The first kappa shape index (κ1) is 27.3. The number of benzene rings is 2. The molecule has 0 saturated heterocycles. The van der Waals surface area contributed by atoms with E-state index in [1.54, 1.807) is 29.8 Å². The number of carbonyl (C=O) groups is 2. The number of nitrogens with zero attached hydrogens (tertiary/aromatic N) is 4. The van der Waals surface area contributed by atoms with Crippen LogP contribution in [0.15, 0.2) is 59.0 Å². The van der Waals surface area contributed by atoms with E-state index in [1.807, 2.05) is 24.3 Å². The lowest BCUT2D eigenvalue weighted by Crippen LogP contribution is -2.05. The highest BCUT2D eigenvalue weighted by molar-refractivity contribution is 6.11. The number of unbranched alkanes of at least 4 members (excludes halogenated alkanes) is 3. The molecule has 0 amide bonds. The van der Waals surface area contributed by atoms with Crippen LogP contribution in [-0.2, 0) is 19.3 Å². The van der Waals surface area contributed by atoms with Crippen molar-refractivity contribution in [2.75, 3.05) is 0 Å². The van der Waals surface area contributed by atoms with Crippen molar-refractivity contribution >= 4 is 40.0 Å². The molecule has 0 fully saturated rings. The Kier molecular flexibility index (Phi) is 9.26. The Labute approximate surface area is 214 Å². The SMILES string of the molecule is CCCCCC/C(=N\OC(C)=O)c1cn(-c2ccc(/C(C)=N/OC(C)=O)cc2[N+](=O)[O-])c2ccccc12. The summed E-state index contributed by atoms with van der Waals surface area (Å²) in [4.78, 5) is 43.9. The van der Waals surface area contributed by atoms with Gasteiger partial charge in [-0.1, -0.05) is 60.8 Å². The molecule has 0 saturated carbocycles. The number of fused-ring (bicyclic) bond motifs is 1. The summed E-state index contributed by atoms with van der Waals surface area (Å²) < 4.78 is 1.74. The summed E-state index contributed by atoms with van der Waals surface area (Å²) in [5.74, 6) is -1.11. The molecule has 0 unspecified atom stereocenters. The van der Waals surface area contributed by atoms with Gasteiger partial charge in [-0.25, -0.2) is 9.59 Å². The number of hydrogen-bond donors (Lipinski definition) is 0. The molecule has 3 rings (SSSR count). The van der Waals surface area contributed by atoms with Crippen LogP contribution in [0.1, 0.15) is 70.9 Å². The van der Waals surface area contributed by atoms with E-state index in [2.05, 4.69) is 22.1 Å². The quantitative estimate of drug-likeness (QED) is 0.102. The molecule has 0 spiro atoms. The van der Waals surface area contributed by atoms with E-state index in [9.17, 15) is 19.7 Å². The summed E-state index contributed by atoms with van der Waals surface area (Å²) in [7, 11) is 0. The van der Waals surface area contributed by atoms with Crippen LogP contribution < -0.4 is 0 Å². The number of nitro benzene ring substituents is 1. The Hall–Kier alpha value is -4.34. The summed E-state index contributed by atoms with van der Waals surface area (Å²) in [5, 5.41) is 20.8. The lowest BCUT2D eigenvalue weighted by molar-refractivity contribution is -0.384. The highest BCUT2D eigenvalue weighted by atomic mass is 16.7. The molecule has 0 N–H and O–H groups in total. The fraction of sp³-hybridized carbons (Fsp3) is 0.333. The molecule has 194 valence electrons. The van der Waals surface area contributed by atoms with Crippen LogP contribution in [-0.4, -0.2) is 32.9 Å². The molecule has 0 radical (unpaired) electrons. The Morgan fingerprint density at radius 2 is 1.68 bits per heavy atom. The molecule has 0 aliphatic heterocycles. The maximum Gasteiger partial charge on any atom is 0.331 e. The normalized spacial score (nSPS) is 12.0. The zero-order valence-electron chi connectivity index (χ0n) is 21.4. The maximum absolute atomic E-state index is 12.1. The van der Waals surface area contributed by atoms with E-state index >= 15 is 0 Å². The molecule has 37 heavy (non-hydrogen) atoms. The molecule has 1 aromatic heterocycles. The third kappa shape index (κ3) is 6.87. The maximum atomic E-state index is 12.1. The van der Waals surface area contributed by atoms with Gasteiger partial charge in [0.2, 0.25) is 0 Å². The number of carbonyl (C=O) groups excluding carboxylic acids is 2. The van der Waals surface area contributed by atoms with Gasteiger partial charge in [-0.2, -0.15) is 0 Å². The molecule has 0 bridgehead atoms. The Bertz CT molecular complexity index is 1370. The number of hydrogen-bond acceptors (Lipinski definition) is 8. The standard InChI is InChI=1S/C27H30N4O6/c1-5-6-7-8-12-24(29-37-20(4)33)23-17-30(25-13-10-9-11-22(23)25)26-15-14-21(16-27(26)31(34)35)18(2)28-36-19(3)32/h9-11,13-17H,5-8,12H2,1-4H3/b28-18+,29-24+. The van der Waals surface area contributed by atoms with E-state index in [1.165, 1.54) is 19.9 Å². The number of para-hydroxylation sites is 1. The number of oxime groups is 2. The van der Waals surface area contributed by atoms with Gasteiger partial charge in [0.1, 0.15) is 5.69 Å². The first-order valence-electron chi connectivity index (χ1n) is 12.1. The van der Waals surface area contributed by atoms with Crippen molar-refractivity contribution in [1.82, 2.24) is 4.57 Å². The highest BCUT2D eigenvalue weighted by Gasteiger charge is 2.22. The second-order valence-corrected chi connectivity index (χ2v) is 8.58. The van der Waals surface area contributed by atoms with Gasteiger partial charge in [0, 0.05) is 42.6 Å². The first-order valence-corrected chi connectivity index (χ1v) is 12.1. The van der Waals surface area contributed by atoms with Crippen LogP contribution in [0.25, 0.3) is 16.6 Å². The van der Waals surface area contributed by atoms with Crippen LogP contribution in [0.2, 0.25) is 0 Å². The molecule has 10 nitrogen and oxygen atoms in total. The summed E-state index contributed by atoms with van der Waals surface area (Å²) >= 11 is 0. The van der Waals surface area contributed by atoms with Gasteiger partial charge in [0.05, 0.1) is 21.9 Å². The number of rotatable bonds is 11. The van der Waals surface area contributed by atoms with E-state index < -0.39 is 16.9 Å². The van der Waals surface area contributed by atoms with Gasteiger partial charge in [-0.05, 0) is 31.9 Å². The molecular formula is C27H30N4O6. The third-order valence-electron chi connectivity index (χ3n) is 5.73.